The first-order valence-electron chi connectivity index (χ1n) is 19.5. The van der Waals surface area contributed by atoms with Gasteiger partial charge in [0.15, 0.2) is 11.5 Å². The van der Waals surface area contributed by atoms with Crippen molar-refractivity contribution in [1.29, 1.82) is 0 Å². The number of carbonyl (C=O) groups excluding carboxylic acids is 1. The molecule has 0 saturated heterocycles. The van der Waals surface area contributed by atoms with Crippen molar-refractivity contribution in [1.82, 2.24) is 15.3 Å². The second kappa shape index (κ2) is 16.1. The maximum Gasteiger partial charge on any atom is 0.220 e. The molecule has 4 bridgehead atoms. The molecule has 9 heteroatoms. The van der Waals surface area contributed by atoms with Crippen molar-refractivity contribution < 1.29 is 19.0 Å². The molecule has 4 aromatic rings. The Bertz CT molecular complexity index is 1820. The van der Waals surface area contributed by atoms with E-state index in [0.29, 0.717) is 56.0 Å². The normalized spacial score (nSPS) is 23.1. The number of amides is 1. The molecular weight excluding hydrogens is 669 g/mol. The third-order valence-electron chi connectivity index (χ3n) is 11.8. The number of nitrogens with zero attached hydrogens (tertiary/aromatic N) is 2. The van der Waals surface area contributed by atoms with Gasteiger partial charge in [-0.05, 0) is 122 Å². The Labute approximate surface area is 313 Å². The number of benzene rings is 2. The topological polar surface area (TPSA) is 94.6 Å². The zero-order valence-corrected chi connectivity index (χ0v) is 32.5. The van der Waals surface area contributed by atoms with Crippen LogP contribution in [0.3, 0.4) is 0 Å². The van der Waals surface area contributed by atoms with Crippen LogP contribution in [0.15, 0.2) is 47.8 Å². The van der Waals surface area contributed by atoms with Crippen LogP contribution in [0.2, 0.25) is 0 Å². The molecule has 1 amide bonds. The molecule has 4 fully saturated rings. The molecule has 4 aliphatic rings. The highest BCUT2D eigenvalue weighted by Crippen LogP contribution is 2.61. The predicted molar refractivity (Wildman–Crippen MR) is 210 cm³/mol. The van der Waals surface area contributed by atoms with Crippen LogP contribution < -0.4 is 20.1 Å². The molecule has 2 aromatic carbocycles. The van der Waals surface area contributed by atoms with Gasteiger partial charge in [-0.25, -0.2) is 9.97 Å². The number of methoxy groups -OCH3 is 1. The molecule has 52 heavy (non-hydrogen) atoms. The summed E-state index contributed by atoms with van der Waals surface area (Å²) in [6, 6.07) is 15.0. The lowest BCUT2D eigenvalue weighted by molar-refractivity contribution is -0.129. The second-order valence-corrected chi connectivity index (χ2v) is 17.0. The third-order valence-corrected chi connectivity index (χ3v) is 13.0. The van der Waals surface area contributed by atoms with Gasteiger partial charge in [0, 0.05) is 29.3 Å². The van der Waals surface area contributed by atoms with E-state index in [4.69, 9.17) is 24.2 Å². The van der Waals surface area contributed by atoms with E-state index in [1.165, 1.54) is 66.5 Å². The maximum atomic E-state index is 12.8. The van der Waals surface area contributed by atoms with E-state index >= 15 is 0 Å². The fourth-order valence-corrected chi connectivity index (χ4v) is 10.5. The Morgan fingerprint density at radius 1 is 0.981 bits per heavy atom. The van der Waals surface area contributed by atoms with Gasteiger partial charge in [0.2, 0.25) is 5.91 Å². The van der Waals surface area contributed by atoms with E-state index in [1.54, 1.807) is 18.4 Å². The SMILES string of the molecule is CCC(C)Cc1ccccc1-c1csc([C@H](C)Nc2nc(C)nc3cc(OCCOCCNC(=O)CC45CC6CC(CC(C6)C4)C5)c(OC)cc23)c1. The molecule has 8 nitrogen and oxygen atoms in total. The summed E-state index contributed by atoms with van der Waals surface area (Å²) in [7, 11) is 1.65. The first-order chi connectivity index (χ1) is 25.2. The van der Waals surface area contributed by atoms with Gasteiger partial charge < -0.3 is 24.8 Å². The van der Waals surface area contributed by atoms with Crippen molar-refractivity contribution in [3.63, 3.8) is 0 Å². The summed E-state index contributed by atoms with van der Waals surface area (Å²) in [5.74, 6) is 6.09. The molecule has 278 valence electrons. The number of carbonyl (C=O) groups is 1. The van der Waals surface area contributed by atoms with Crippen LogP contribution in [-0.4, -0.2) is 49.4 Å². The quantitative estimate of drug-likeness (QED) is 0.105. The first-order valence-corrected chi connectivity index (χ1v) is 20.4. The molecule has 4 saturated carbocycles. The van der Waals surface area contributed by atoms with E-state index < -0.39 is 0 Å². The Balaban J connectivity index is 0.918. The highest BCUT2D eigenvalue weighted by molar-refractivity contribution is 7.10. The van der Waals surface area contributed by atoms with Crippen molar-refractivity contribution in [3.05, 3.63) is 64.1 Å². The largest absolute Gasteiger partial charge is 0.493 e. The highest BCUT2D eigenvalue weighted by Gasteiger charge is 2.51. The monoisotopic (exact) mass is 724 g/mol. The molecule has 8 rings (SSSR count). The summed E-state index contributed by atoms with van der Waals surface area (Å²) in [5.41, 5.74) is 5.03. The lowest BCUT2D eigenvalue weighted by atomic mass is 9.49. The summed E-state index contributed by atoms with van der Waals surface area (Å²) in [6.07, 6.45) is 10.9. The first kappa shape index (κ1) is 36.7. The van der Waals surface area contributed by atoms with Crippen molar-refractivity contribution in [3.8, 4) is 22.6 Å². The zero-order chi connectivity index (χ0) is 36.2. The van der Waals surface area contributed by atoms with Crippen LogP contribution in [0.5, 0.6) is 11.5 Å². The summed E-state index contributed by atoms with van der Waals surface area (Å²) >= 11 is 1.77. The molecule has 1 unspecified atom stereocenters. The Morgan fingerprint density at radius 3 is 2.46 bits per heavy atom. The van der Waals surface area contributed by atoms with Gasteiger partial charge in [-0.3, -0.25) is 4.79 Å². The van der Waals surface area contributed by atoms with Crippen LogP contribution in [-0.2, 0) is 16.0 Å². The van der Waals surface area contributed by atoms with Crippen LogP contribution in [0.25, 0.3) is 22.0 Å². The van der Waals surface area contributed by atoms with Gasteiger partial charge in [-0.1, -0.05) is 44.5 Å². The minimum Gasteiger partial charge on any atom is -0.493 e. The van der Waals surface area contributed by atoms with Gasteiger partial charge >= 0.3 is 0 Å². The molecular formula is C43H56N4O4S. The number of hydrogen-bond donors (Lipinski definition) is 2. The van der Waals surface area contributed by atoms with Crippen molar-refractivity contribution >= 4 is 34.0 Å². The lowest BCUT2D eigenvalue weighted by Crippen LogP contribution is -2.48. The summed E-state index contributed by atoms with van der Waals surface area (Å²) in [6.45, 7) is 10.4. The van der Waals surface area contributed by atoms with Gasteiger partial charge in [0.1, 0.15) is 18.2 Å². The van der Waals surface area contributed by atoms with Gasteiger partial charge in [-0.2, -0.15) is 0 Å². The molecule has 2 aromatic heterocycles. The second-order valence-electron chi connectivity index (χ2n) is 16.0. The standard InChI is InChI=1S/C43H56N4O4S/c1-6-27(2)15-33-9-7-8-10-35(33)34-19-40(52-26-34)28(3)45-42-36-20-38(49-5)39(21-37(36)46-29(4)47-42)51-14-13-50-12-11-44-41(48)25-43-22-30-16-31(23-43)18-32(17-30)24-43/h7-10,19-21,26-28,30-32H,6,11-18,22-25H2,1-5H3,(H,44,48)(H,45,46,47)/t27?,28-,30?,31?,32?,43?/m0/s1. The van der Waals surface area contributed by atoms with E-state index in [9.17, 15) is 4.79 Å². The predicted octanol–water partition coefficient (Wildman–Crippen LogP) is 9.56. The fraction of sp³-hybridized carbons (Fsp3) is 0.558. The number of rotatable bonds is 17. The fourth-order valence-electron chi connectivity index (χ4n) is 9.62. The molecule has 0 spiro atoms. The number of thiophene rings is 1. The zero-order valence-electron chi connectivity index (χ0n) is 31.6. The van der Waals surface area contributed by atoms with E-state index in [2.05, 4.69) is 67.1 Å². The van der Waals surface area contributed by atoms with Gasteiger partial charge in [0.05, 0.1) is 31.9 Å². The summed E-state index contributed by atoms with van der Waals surface area (Å²) in [4.78, 5) is 23.6. The Hall–Kier alpha value is -3.69. The number of ether oxygens (including phenoxy) is 3. The molecule has 2 N–H and O–H groups in total. The Kier molecular flexibility index (Phi) is 11.4. The van der Waals surface area contributed by atoms with E-state index in [-0.39, 0.29) is 17.4 Å². The summed E-state index contributed by atoms with van der Waals surface area (Å²) < 4.78 is 17.7. The molecule has 0 aliphatic heterocycles. The van der Waals surface area contributed by atoms with Crippen LogP contribution in [0.4, 0.5) is 5.82 Å². The van der Waals surface area contributed by atoms with Crippen LogP contribution in [0.1, 0.15) is 94.4 Å². The summed E-state index contributed by atoms with van der Waals surface area (Å²) in [5, 5.41) is 9.92. The maximum absolute atomic E-state index is 12.8. The number of aryl methyl sites for hydroxylation is 1. The van der Waals surface area contributed by atoms with Crippen molar-refractivity contribution in [2.45, 2.75) is 91.5 Å². The van der Waals surface area contributed by atoms with E-state index in [1.807, 2.05) is 19.1 Å². The number of anilines is 1. The minimum absolute atomic E-state index is 0.0407. The lowest BCUT2D eigenvalue weighted by Gasteiger charge is -2.56. The number of hydrogen-bond acceptors (Lipinski definition) is 8. The Morgan fingerprint density at radius 2 is 1.73 bits per heavy atom. The number of fused-ring (bicyclic) bond motifs is 1. The molecule has 2 heterocycles. The smallest absolute Gasteiger partial charge is 0.220 e. The van der Waals surface area contributed by atoms with Crippen LogP contribution in [0, 0.1) is 36.0 Å². The molecule has 4 aliphatic carbocycles. The van der Waals surface area contributed by atoms with Crippen molar-refractivity contribution in [2.75, 3.05) is 38.8 Å². The number of nitrogens with one attached hydrogen (secondary N) is 2. The highest BCUT2D eigenvalue weighted by atomic mass is 32.1. The average molecular weight is 725 g/mol. The van der Waals surface area contributed by atoms with Crippen molar-refractivity contribution in [2.24, 2.45) is 29.1 Å². The minimum atomic E-state index is 0.0407. The van der Waals surface area contributed by atoms with Gasteiger partial charge in [-0.15, -0.1) is 11.3 Å². The molecule has 2 atom stereocenters. The van der Waals surface area contributed by atoms with E-state index in [0.717, 1.165) is 40.9 Å². The molecule has 0 radical (unpaired) electrons. The van der Waals surface area contributed by atoms with Gasteiger partial charge in [0.25, 0.3) is 0 Å². The number of aromatic nitrogens is 2. The van der Waals surface area contributed by atoms with Crippen LogP contribution >= 0.6 is 11.3 Å². The average Bonchev–Trinajstić information content (AvgIpc) is 3.61. The third kappa shape index (κ3) is 8.41.